The molecule has 0 spiro atoms. The first kappa shape index (κ1) is 12.6. The van der Waals surface area contributed by atoms with Crippen LogP contribution >= 0.6 is 11.6 Å². The lowest BCUT2D eigenvalue weighted by atomic mass is 10.1. The fourth-order valence-corrected chi connectivity index (χ4v) is 1.60. The van der Waals surface area contributed by atoms with Gasteiger partial charge < -0.3 is 5.32 Å². The fourth-order valence-electron chi connectivity index (χ4n) is 1.47. The van der Waals surface area contributed by atoms with E-state index in [1.807, 2.05) is 0 Å². The van der Waals surface area contributed by atoms with Crippen LogP contribution in [-0.4, -0.2) is 5.91 Å². The molecule has 18 heavy (non-hydrogen) atoms. The molecule has 0 aliphatic rings. The molecule has 4 heteroatoms. The first-order valence-electron chi connectivity index (χ1n) is 5.39. The van der Waals surface area contributed by atoms with E-state index in [4.69, 9.17) is 11.6 Å². The lowest BCUT2D eigenvalue weighted by Crippen LogP contribution is -2.12. The smallest absolute Gasteiger partial charge is 0.255 e. The molecule has 2 nitrogen and oxygen atoms in total. The lowest BCUT2D eigenvalue weighted by Gasteiger charge is -2.06. The summed E-state index contributed by atoms with van der Waals surface area (Å²) >= 11 is 5.74. The van der Waals surface area contributed by atoms with E-state index in [0.717, 1.165) is 0 Å². The molecule has 0 atom stereocenters. The summed E-state index contributed by atoms with van der Waals surface area (Å²) in [5, 5.41) is 3.26. The third-order valence-corrected chi connectivity index (χ3v) is 2.79. The summed E-state index contributed by atoms with van der Waals surface area (Å²) in [6.45, 7) is 1.65. The van der Waals surface area contributed by atoms with Gasteiger partial charge in [-0.1, -0.05) is 17.7 Å². The molecule has 0 fully saturated rings. The van der Waals surface area contributed by atoms with Crippen LogP contribution in [0.3, 0.4) is 0 Å². The average molecular weight is 264 g/mol. The van der Waals surface area contributed by atoms with Crippen LogP contribution in [0.2, 0.25) is 5.02 Å². The van der Waals surface area contributed by atoms with Crippen molar-refractivity contribution in [3.05, 3.63) is 64.4 Å². The van der Waals surface area contributed by atoms with Crippen molar-refractivity contribution >= 4 is 23.2 Å². The van der Waals surface area contributed by atoms with E-state index in [-0.39, 0.29) is 11.5 Å². The molecule has 1 amide bonds. The molecular formula is C14H11ClFNO. The van der Waals surface area contributed by atoms with Gasteiger partial charge in [0.1, 0.15) is 5.82 Å². The Morgan fingerprint density at radius 1 is 1.17 bits per heavy atom. The molecule has 0 aliphatic heterocycles. The SMILES string of the molecule is Cc1ccc(C(=O)Nc2ccc(Cl)cc2)cc1F. The number of amides is 1. The van der Waals surface area contributed by atoms with Gasteiger partial charge in [0.2, 0.25) is 0 Å². The third-order valence-electron chi connectivity index (χ3n) is 2.54. The van der Waals surface area contributed by atoms with Crippen LogP contribution in [0.15, 0.2) is 42.5 Å². The van der Waals surface area contributed by atoms with E-state index in [1.54, 1.807) is 43.3 Å². The molecule has 2 aromatic carbocycles. The van der Waals surface area contributed by atoms with Crippen LogP contribution in [-0.2, 0) is 0 Å². The van der Waals surface area contributed by atoms with Gasteiger partial charge in [-0.3, -0.25) is 4.79 Å². The monoisotopic (exact) mass is 263 g/mol. The minimum atomic E-state index is -0.390. The Labute approximate surface area is 109 Å². The highest BCUT2D eigenvalue weighted by Crippen LogP contribution is 2.15. The van der Waals surface area contributed by atoms with Crippen LogP contribution in [0.5, 0.6) is 0 Å². The summed E-state index contributed by atoms with van der Waals surface area (Å²) in [6.07, 6.45) is 0. The minimum absolute atomic E-state index is 0.285. The number of carbonyl (C=O) groups excluding carboxylic acids is 1. The van der Waals surface area contributed by atoms with Crippen molar-refractivity contribution in [2.75, 3.05) is 5.32 Å². The molecule has 92 valence electrons. The van der Waals surface area contributed by atoms with Gasteiger partial charge in [-0.25, -0.2) is 4.39 Å². The Hall–Kier alpha value is -1.87. The number of halogens is 2. The van der Waals surface area contributed by atoms with Gasteiger partial charge in [0.25, 0.3) is 5.91 Å². The number of benzene rings is 2. The molecule has 2 rings (SSSR count). The standard InChI is InChI=1S/C14H11ClFNO/c1-9-2-3-10(8-13(9)16)14(18)17-12-6-4-11(15)5-7-12/h2-8H,1H3,(H,17,18). The maximum atomic E-state index is 13.3. The Morgan fingerprint density at radius 2 is 1.83 bits per heavy atom. The predicted molar refractivity (Wildman–Crippen MR) is 70.5 cm³/mol. The number of aryl methyl sites for hydroxylation is 1. The van der Waals surface area contributed by atoms with E-state index < -0.39 is 5.82 Å². The number of rotatable bonds is 2. The molecule has 0 radical (unpaired) electrons. The van der Waals surface area contributed by atoms with E-state index in [9.17, 15) is 9.18 Å². The highest BCUT2D eigenvalue weighted by Gasteiger charge is 2.08. The van der Waals surface area contributed by atoms with E-state index in [2.05, 4.69) is 5.32 Å². The molecule has 0 bridgehead atoms. The summed E-state index contributed by atoms with van der Waals surface area (Å²) in [4.78, 5) is 11.9. The summed E-state index contributed by atoms with van der Waals surface area (Å²) in [7, 11) is 0. The summed E-state index contributed by atoms with van der Waals surface area (Å²) in [5.41, 5.74) is 1.41. The van der Waals surface area contributed by atoms with Crippen molar-refractivity contribution in [3.8, 4) is 0 Å². The molecule has 0 unspecified atom stereocenters. The first-order valence-corrected chi connectivity index (χ1v) is 5.77. The molecule has 0 aromatic heterocycles. The second-order valence-corrected chi connectivity index (χ2v) is 4.36. The maximum absolute atomic E-state index is 13.3. The van der Waals surface area contributed by atoms with E-state index in [1.165, 1.54) is 6.07 Å². The van der Waals surface area contributed by atoms with Crippen molar-refractivity contribution < 1.29 is 9.18 Å². The van der Waals surface area contributed by atoms with Crippen LogP contribution in [0.1, 0.15) is 15.9 Å². The Balaban J connectivity index is 2.16. The van der Waals surface area contributed by atoms with Gasteiger partial charge in [0.15, 0.2) is 0 Å². The number of nitrogens with one attached hydrogen (secondary N) is 1. The first-order chi connectivity index (χ1) is 8.56. The summed E-state index contributed by atoms with van der Waals surface area (Å²) < 4.78 is 13.3. The van der Waals surface area contributed by atoms with Gasteiger partial charge >= 0.3 is 0 Å². The average Bonchev–Trinajstić information content (AvgIpc) is 2.35. The zero-order chi connectivity index (χ0) is 13.1. The highest BCUT2D eigenvalue weighted by molar-refractivity contribution is 6.30. The topological polar surface area (TPSA) is 29.1 Å². The number of anilines is 1. The Bertz CT molecular complexity index is 581. The van der Waals surface area contributed by atoms with E-state index in [0.29, 0.717) is 16.3 Å². The highest BCUT2D eigenvalue weighted by atomic mass is 35.5. The zero-order valence-electron chi connectivity index (χ0n) is 9.71. The van der Waals surface area contributed by atoms with Crippen molar-refractivity contribution in [2.45, 2.75) is 6.92 Å². The maximum Gasteiger partial charge on any atom is 0.255 e. The zero-order valence-corrected chi connectivity index (χ0v) is 10.5. The van der Waals surface area contributed by atoms with Crippen LogP contribution in [0, 0.1) is 12.7 Å². The van der Waals surface area contributed by atoms with Crippen molar-refractivity contribution in [2.24, 2.45) is 0 Å². The molecule has 0 aliphatic carbocycles. The van der Waals surface area contributed by atoms with Gasteiger partial charge in [0, 0.05) is 16.3 Å². The second-order valence-electron chi connectivity index (χ2n) is 3.92. The lowest BCUT2D eigenvalue weighted by molar-refractivity contribution is 0.102. The van der Waals surface area contributed by atoms with Gasteiger partial charge in [-0.05, 0) is 48.9 Å². The van der Waals surface area contributed by atoms with Crippen LogP contribution in [0.25, 0.3) is 0 Å². The molecule has 0 heterocycles. The number of hydrogen-bond donors (Lipinski definition) is 1. The van der Waals surface area contributed by atoms with Crippen molar-refractivity contribution in [3.63, 3.8) is 0 Å². The molecular weight excluding hydrogens is 253 g/mol. The largest absolute Gasteiger partial charge is 0.322 e. The quantitative estimate of drug-likeness (QED) is 0.870. The van der Waals surface area contributed by atoms with Crippen molar-refractivity contribution in [1.29, 1.82) is 0 Å². The Kier molecular flexibility index (Phi) is 3.63. The van der Waals surface area contributed by atoms with E-state index >= 15 is 0 Å². The van der Waals surface area contributed by atoms with Gasteiger partial charge in [0.05, 0.1) is 0 Å². The minimum Gasteiger partial charge on any atom is -0.322 e. The normalized spacial score (nSPS) is 10.2. The Morgan fingerprint density at radius 3 is 2.44 bits per heavy atom. The molecule has 2 aromatic rings. The number of carbonyl (C=O) groups is 1. The molecule has 0 saturated heterocycles. The van der Waals surface area contributed by atoms with Crippen LogP contribution in [0.4, 0.5) is 10.1 Å². The number of hydrogen-bond acceptors (Lipinski definition) is 1. The second kappa shape index (κ2) is 5.19. The van der Waals surface area contributed by atoms with Gasteiger partial charge in [-0.15, -0.1) is 0 Å². The molecule has 0 saturated carbocycles. The summed E-state index contributed by atoms with van der Waals surface area (Å²) in [6, 6.07) is 11.1. The van der Waals surface area contributed by atoms with Crippen molar-refractivity contribution in [1.82, 2.24) is 0 Å². The fraction of sp³-hybridized carbons (Fsp3) is 0.0714. The third kappa shape index (κ3) is 2.87. The predicted octanol–water partition coefficient (Wildman–Crippen LogP) is 4.04. The van der Waals surface area contributed by atoms with Gasteiger partial charge in [-0.2, -0.15) is 0 Å². The van der Waals surface area contributed by atoms with Crippen LogP contribution < -0.4 is 5.32 Å². The molecule has 1 N–H and O–H groups in total. The summed E-state index contributed by atoms with van der Waals surface area (Å²) in [5.74, 6) is -0.741.